The number of carbonyl (C=O) groups excluding carboxylic acids is 1. The van der Waals surface area contributed by atoms with Gasteiger partial charge in [0, 0.05) is 50.0 Å². The minimum atomic E-state index is 0.106. The summed E-state index contributed by atoms with van der Waals surface area (Å²) in [6.45, 7) is 4.22. The van der Waals surface area contributed by atoms with E-state index in [0.29, 0.717) is 0 Å². The van der Waals surface area contributed by atoms with Gasteiger partial charge in [0.1, 0.15) is 5.75 Å². The molecule has 0 N–H and O–H groups in total. The molecule has 0 radical (unpaired) electrons. The van der Waals surface area contributed by atoms with Gasteiger partial charge in [-0.25, -0.2) is 4.98 Å². The molecule has 1 aliphatic rings. The van der Waals surface area contributed by atoms with Gasteiger partial charge in [0.15, 0.2) is 4.96 Å². The third-order valence-corrected chi connectivity index (χ3v) is 7.63. The summed E-state index contributed by atoms with van der Waals surface area (Å²) in [4.78, 5) is 23.4. The zero-order valence-corrected chi connectivity index (χ0v) is 20.4. The predicted octanol–water partition coefficient (Wildman–Crippen LogP) is 5.18. The number of carbonyl (C=O) groups is 1. The molecule has 0 atom stereocenters. The summed E-state index contributed by atoms with van der Waals surface area (Å²) >= 11 is 1.61. The van der Waals surface area contributed by atoms with Gasteiger partial charge in [0.05, 0.1) is 23.0 Å². The zero-order valence-electron chi connectivity index (χ0n) is 19.6. The molecule has 1 saturated heterocycles. The van der Waals surface area contributed by atoms with Crippen molar-refractivity contribution in [2.75, 3.05) is 33.3 Å². The van der Waals surface area contributed by atoms with E-state index < -0.39 is 0 Å². The highest BCUT2D eigenvalue weighted by atomic mass is 32.1. The van der Waals surface area contributed by atoms with Gasteiger partial charge in [-0.1, -0.05) is 53.8 Å². The number of thiazole rings is 1. The van der Waals surface area contributed by atoms with Crippen LogP contribution in [0.1, 0.15) is 15.9 Å². The SMILES string of the molecule is COc1cccc(-c2cn3c(n2)sc2cc(C(=O)N4CCN(Cc5ccccc5)CC4)ccc23)c1. The van der Waals surface area contributed by atoms with Crippen molar-refractivity contribution < 1.29 is 9.53 Å². The minimum absolute atomic E-state index is 0.106. The molecule has 3 aromatic carbocycles. The number of fused-ring (bicyclic) bond motifs is 3. The van der Waals surface area contributed by atoms with Crippen molar-refractivity contribution in [1.82, 2.24) is 19.2 Å². The summed E-state index contributed by atoms with van der Waals surface area (Å²) in [7, 11) is 1.67. The number of nitrogens with zero attached hydrogens (tertiary/aromatic N) is 4. The lowest BCUT2D eigenvalue weighted by molar-refractivity contribution is 0.0628. The fourth-order valence-electron chi connectivity index (χ4n) is 4.69. The molecule has 0 saturated carbocycles. The Bertz CT molecular complexity index is 1500. The van der Waals surface area contributed by atoms with Crippen molar-refractivity contribution in [2.24, 2.45) is 0 Å². The van der Waals surface area contributed by atoms with Crippen LogP contribution in [0.5, 0.6) is 5.75 Å². The molecule has 6 nitrogen and oxygen atoms in total. The topological polar surface area (TPSA) is 50.1 Å². The van der Waals surface area contributed by atoms with Crippen molar-refractivity contribution in [2.45, 2.75) is 6.54 Å². The van der Waals surface area contributed by atoms with E-state index in [2.05, 4.69) is 39.8 Å². The van der Waals surface area contributed by atoms with Crippen LogP contribution in [0.15, 0.2) is 79.0 Å². The number of benzene rings is 3. The van der Waals surface area contributed by atoms with E-state index in [1.807, 2.05) is 53.4 Å². The third kappa shape index (κ3) is 4.29. The highest BCUT2D eigenvalue weighted by Crippen LogP contribution is 2.31. The molecule has 1 amide bonds. The fraction of sp³-hybridized carbons (Fsp3) is 0.214. The number of imidazole rings is 1. The highest BCUT2D eigenvalue weighted by Gasteiger charge is 2.23. The van der Waals surface area contributed by atoms with Gasteiger partial charge in [-0.3, -0.25) is 14.1 Å². The standard InChI is InChI=1S/C28H26N4O2S/c1-34-23-9-5-8-21(16-23)24-19-32-25-11-10-22(17-26(25)35-28(32)29-24)27(33)31-14-12-30(13-15-31)18-20-6-3-2-4-7-20/h2-11,16-17,19H,12-15,18H2,1H3. The second-order valence-corrected chi connectivity index (χ2v) is 9.86. The number of rotatable bonds is 5. The number of amides is 1. The maximum atomic E-state index is 13.2. The Morgan fingerprint density at radius 2 is 1.80 bits per heavy atom. The molecule has 0 unspecified atom stereocenters. The molecule has 5 aromatic rings. The zero-order chi connectivity index (χ0) is 23.8. The highest BCUT2D eigenvalue weighted by molar-refractivity contribution is 7.23. The van der Waals surface area contributed by atoms with Crippen molar-refractivity contribution in [3.63, 3.8) is 0 Å². The molecule has 2 aromatic heterocycles. The molecule has 1 aliphatic heterocycles. The smallest absolute Gasteiger partial charge is 0.253 e. The van der Waals surface area contributed by atoms with Gasteiger partial charge < -0.3 is 9.64 Å². The first kappa shape index (κ1) is 21.8. The maximum Gasteiger partial charge on any atom is 0.253 e. The fourth-order valence-corrected chi connectivity index (χ4v) is 5.74. The summed E-state index contributed by atoms with van der Waals surface area (Å²) in [5.74, 6) is 0.919. The number of ether oxygens (including phenoxy) is 1. The Labute approximate surface area is 208 Å². The van der Waals surface area contributed by atoms with E-state index in [4.69, 9.17) is 9.72 Å². The predicted molar refractivity (Wildman–Crippen MR) is 140 cm³/mol. The van der Waals surface area contributed by atoms with E-state index in [-0.39, 0.29) is 5.91 Å². The Morgan fingerprint density at radius 3 is 2.60 bits per heavy atom. The summed E-state index contributed by atoms with van der Waals surface area (Å²) < 4.78 is 8.52. The molecule has 7 heteroatoms. The second-order valence-electron chi connectivity index (χ2n) is 8.85. The lowest BCUT2D eigenvalue weighted by Gasteiger charge is -2.34. The van der Waals surface area contributed by atoms with Gasteiger partial charge in [0.25, 0.3) is 5.91 Å². The van der Waals surface area contributed by atoms with Crippen LogP contribution in [0.25, 0.3) is 26.4 Å². The van der Waals surface area contributed by atoms with E-state index in [0.717, 1.165) is 70.5 Å². The summed E-state index contributed by atoms with van der Waals surface area (Å²) in [5.41, 5.74) is 5.05. The van der Waals surface area contributed by atoms with Crippen LogP contribution in [0, 0.1) is 0 Å². The van der Waals surface area contributed by atoms with Crippen molar-refractivity contribution >= 4 is 32.4 Å². The largest absolute Gasteiger partial charge is 0.497 e. The Morgan fingerprint density at radius 1 is 0.971 bits per heavy atom. The quantitative estimate of drug-likeness (QED) is 0.346. The first-order valence-corrected chi connectivity index (χ1v) is 12.6. The second kappa shape index (κ2) is 9.17. The van der Waals surface area contributed by atoms with E-state index >= 15 is 0 Å². The van der Waals surface area contributed by atoms with Gasteiger partial charge in [0.2, 0.25) is 0 Å². The average Bonchev–Trinajstić information content (AvgIpc) is 3.47. The summed E-state index contributed by atoms with van der Waals surface area (Å²) in [6.07, 6.45) is 2.05. The first-order chi connectivity index (χ1) is 17.2. The molecular weight excluding hydrogens is 456 g/mol. The lowest BCUT2D eigenvalue weighted by Crippen LogP contribution is -2.48. The lowest BCUT2D eigenvalue weighted by atomic mass is 10.1. The minimum Gasteiger partial charge on any atom is -0.497 e. The Balaban J connectivity index is 1.18. The van der Waals surface area contributed by atoms with Crippen molar-refractivity contribution in [3.8, 4) is 17.0 Å². The van der Waals surface area contributed by atoms with Crippen LogP contribution < -0.4 is 4.74 Å². The molecule has 0 spiro atoms. The molecule has 1 fully saturated rings. The first-order valence-electron chi connectivity index (χ1n) is 11.8. The number of piperazine rings is 1. The summed E-state index contributed by atoms with van der Waals surface area (Å²) in [6, 6.07) is 24.4. The van der Waals surface area contributed by atoms with E-state index in [1.54, 1.807) is 18.4 Å². The molecule has 0 aliphatic carbocycles. The number of methoxy groups -OCH3 is 1. The van der Waals surface area contributed by atoms with Gasteiger partial charge >= 0.3 is 0 Å². The summed E-state index contributed by atoms with van der Waals surface area (Å²) in [5, 5.41) is 0. The molecule has 3 heterocycles. The van der Waals surface area contributed by atoms with Crippen molar-refractivity contribution in [1.29, 1.82) is 0 Å². The Hall–Kier alpha value is -3.68. The number of aromatic nitrogens is 2. The number of hydrogen-bond donors (Lipinski definition) is 0. The molecular formula is C28H26N4O2S. The van der Waals surface area contributed by atoms with Crippen LogP contribution in [-0.2, 0) is 6.54 Å². The van der Waals surface area contributed by atoms with Gasteiger partial charge in [-0.15, -0.1) is 0 Å². The van der Waals surface area contributed by atoms with Crippen LogP contribution in [0.4, 0.5) is 0 Å². The van der Waals surface area contributed by atoms with Gasteiger partial charge in [-0.05, 0) is 35.9 Å². The van der Waals surface area contributed by atoms with Gasteiger partial charge in [-0.2, -0.15) is 0 Å². The van der Waals surface area contributed by atoms with E-state index in [1.165, 1.54) is 5.56 Å². The van der Waals surface area contributed by atoms with E-state index in [9.17, 15) is 4.79 Å². The maximum absolute atomic E-state index is 13.2. The third-order valence-electron chi connectivity index (χ3n) is 6.62. The average molecular weight is 483 g/mol. The van der Waals surface area contributed by atoms with Crippen LogP contribution in [0.3, 0.4) is 0 Å². The molecule has 6 rings (SSSR count). The van der Waals surface area contributed by atoms with Crippen LogP contribution >= 0.6 is 11.3 Å². The monoisotopic (exact) mass is 482 g/mol. The Kier molecular flexibility index (Phi) is 5.72. The normalized spacial score (nSPS) is 14.6. The molecule has 35 heavy (non-hydrogen) atoms. The number of hydrogen-bond acceptors (Lipinski definition) is 5. The van der Waals surface area contributed by atoms with Crippen LogP contribution in [0.2, 0.25) is 0 Å². The molecule has 176 valence electrons. The van der Waals surface area contributed by atoms with Crippen LogP contribution in [-0.4, -0.2) is 58.4 Å². The van der Waals surface area contributed by atoms with Crippen molar-refractivity contribution in [3.05, 3.63) is 90.1 Å². The molecule has 0 bridgehead atoms.